The monoisotopic (exact) mass is 536 g/mol. The molecule has 0 fully saturated rings. The Morgan fingerprint density at radius 2 is 1.70 bits per heavy atom. The summed E-state index contributed by atoms with van der Waals surface area (Å²) in [6.07, 6.45) is -0.540. The first-order valence-electron chi connectivity index (χ1n) is 8.62. The van der Waals surface area contributed by atoms with E-state index < -0.39 is 14.4 Å². The highest BCUT2D eigenvalue weighted by Crippen LogP contribution is 2.41. The highest BCUT2D eigenvalue weighted by Gasteiger charge is 2.40. The first kappa shape index (κ1) is 22.9. The average molecular weight is 539 g/mol. The average Bonchev–Trinajstić information content (AvgIpc) is 2.52. The van der Waals surface area contributed by atoms with Crippen molar-refractivity contribution in [3.63, 3.8) is 0 Å². The molecule has 0 aliphatic carbocycles. The van der Waals surface area contributed by atoms with E-state index in [-0.39, 0.29) is 17.5 Å². The smallest absolute Gasteiger partial charge is 0.193 e. The molecular weight excluding hydrogens is 515 g/mol. The van der Waals surface area contributed by atoms with E-state index in [1.54, 1.807) is 12.1 Å². The van der Waals surface area contributed by atoms with Crippen LogP contribution in [0.4, 0.5) is 4.39 Å². The van der Waals surface area contributed by atoms with E-state index in [2.05, 4.69) is 65.7 Å². The van der Waals surface area contributed by atoms with Gasteiger partial charge in [0.05, 0.1) is 8.95 Å². The fraction of sp³-hybridized carbons (Fsp3) is 0.400. The molecule has 7 heteroatoms. The van der Waals surface area contributed by atoms with E-state index >= 15 is 0 Å². The highest BCUT2D eigenvalue weighted by molar-refractivity contribution is 9.11. The second-order valence-corrected chi connectivity index (χ2v) is 14.8. The lowest BCUT2D eigenvalue weighted by Gasteiger charge is -2.39. The molecule has 1 atom stereocenters. The third-order valence-electron chi connectivity index (χ3n) is 4.85. The van der Waals surface area contributed by atoms with Crippen molar-refractivity contribution < 1.29 is 13.6 Å². The van der Waals surface area contributed by atoms with Gasteiger partial charge in [0.1, 0.15) is 24.3 Å². The second kappa shape index (κ2) is 8.95. The van der Waals surface area contributed by atoms with E-state index in [1.807, 2.05) is 18.2 Å². The molecule has 0 spiro atoms. The summed E-state index contributed by atoms with van der Waals surface area (Å²) < 4.78 is 28.8. The van der Waals surface area contributed by atoms with E-state index in [0.717, 1.165) is 8.95 Å². The minimum absolute atomic E-state index is 0.0118. The van der Waals surface area contributed by atoms with Gasteiger partial charge in [-0.15, -0.1) is 0 Å². The van der Waals surface area contributed by atoms with E-state index in [9.17, 15) is 4.39 Å². The normalized spacial score (nSPS) is 13.5. The molecule has 0 saturated carbocycles. The van der Waals surface area contributed by atoms with Crippen molar-refractivity contribution in [1.82, 2.24) is 0 Å². The van der Waals surface area contributed by atoms with Crippen LogP contribution in [0.3, 0.4) is 0 Å². The Hall–Kier alpha value is -0.403. The number of hydrogen-bond donors (Lipinski definition) is 0. The van der Waals surface area contributed by atoms with Crippen LogP contribution in [0.25, 0.3) is 0 Å². The van der Waals surface area contributed by atoms with Crippen molar-refractivity contribution in [3.05, 3.63) is 61.7 Å². The van der Waals surface area contributed by atoms with Crippen molar-refractivity contribution in [1.29, 1.82) is 0 Å². The predicted molar refractivity (Wildman–Crippen MR) is 120 cm³/mol. The second-order valence-electron chi connectivity index (χ2n) is 7.89. The van der Waals surface area contributed by atoms with Gasteiger partial charge in [0.15, 0.2) is 8.32 Å². The zero-order chi connectivity index (χ0) is 20.4. The van der Waals surface area contributed by atoms with Gasteiger partial charge >= 0.3 is 0 Å². The quantitative estimate of drug-likeness (QED) is 0.346. The van der Waals surface area contributed by atoms with Crippen LogP contribution in [0.2, 0.25) is 23.2 Å². The first-order valence-corrected chi connectivity index (χ1v) is 13.5. The summed E-state index contributed by atoms with van der Waals surface area (Å²) in [5.41, 5.74) is 0.451. The Bertz CT molecular complexity index is 789. The molecular formula is C20H24Br2ClFO2Si. The fourth-order valence-corrected chi connectivity index (χ4v) is 4.91. The van der Waals surface area contributed by atoms with Crippen molar-refractivity contribution in [2.24, 2.45) is 0 Å². The molecule has 0 amide bonds. The third-order valence-corrected chi connectivity index (χ3v) is 10.8. The van der Waals surface area contributed by atoms with Crippen molar-refractivity contribution in [2.45, 2.75) is 45.0 Å². The molecule has 0 saturated heterocycles. The van der Waals surface area contributed by atoms with Gasteiger partial charge in [-0.2, -0.15) is 0 Å². The van der Waals surface area contributed by atoms with Crippen LogP contribution < -0.4 is 4.74 Å². The lowest BCUT2D eigenvalue weighted by molar-refractivity contribution is 0.112. The largest absolute Gasteiger partial charge is 0.488 e. The number of ether oxygens (including phenoxy) is 1. The molecule has 1 unspecified atom stereocenters. The van der Waals surface area contributed by atoms with Crippen LogP contribution in [0.1, 0.15) is 32.4 Å². The summed E-state index contributed by atoms with van der Waals surface area (Å²) in [4.78, 5) is 0. The minimum Gasteiger partial charge on any atom is -0.488 e. The van der Waals surface area contributed by atoms with Gasteiger partial charge in [-0.25, -0.2) is 4.39 Å². The molecule has 0 heterocycles. The lowest BCUT2D eigenvalue weighted by atomic mass is 10.1. The summed E-state index contributed by atoms with van der Waals surface area (Å²) in [5, 5.41) is 0.346. The van der Waals surface area contributed by atoms with Crippen molar-refractivity contribution in [3.8, 4) is 5.75 Å². The Morgan fingerprint density at radius 1 is 1.11 bits per heavy atom. The summed E-state index contributed by atoms with van der Waals surface area (Å²) in [7, 11) is -2.16. The standard InChI is InChI=1S/C20H24Br2ClFO2Si/c1-20(2,3)27(4,5)26-18(14-10-9-13(23)11-17(14)24)12-25-19-15(21)7-6-8-16(19)22/h6-11,18H,12H2,1-5H3. The summed E-state index contributed by atoms with van der Waals surface area (Å²) in [6, 6.07) is 10.4. The van der Waals surface area contributed by atoms with E-state index in [0.29, 0.717) is 16.3 Å². The summed E-state index contributed by atoms with van der Waals surface area (Å²) in [6.45, 7) is 10.9. The van der Waals surface area contributed by atoms with Gasteiger partial charge in [0, 0.05) is 10.6 Å². The van der Waals surface area contributed by atoms with Crippen molar-refractivity contribution in [2.75, 3.05) is 6.61 Å². The molecule has 0 N–H and O–H groups in total. The molecule has 0 aromatic heterocycles. The number of halogens is 4. The molecule has 2 rings (SSSR count). The summed E-state index contributed by atoms with van der Waals surface area (Å²) in [5.74, 6) is 0.275. The zero-order valence-electron chi connectivity index (χ0n) is 16.1. The molecule has 0 aliphatic heterocycles. The van der Waals surface area contributed by atoms with Crippen molar-refractivity contribution >= 4 is 51.8 Å². The van der Waals surface area contributed by atoms with E-state index in [4.69, 9.17) is 20.8 Å². The van der Waals surface area contributed by atoms with Gasteiger partial charge < -0.3 is 9.16 Å². The van der Waals surface area contributed by atoms with Crippen LogP contribution in [-0.2, 0) is 4.43 Å². The molecule has 148 valence electrons. The predicted octanol–water partition coefficient (Wildman–Crippen LogP) is 8.15. The number of rotatable bonds is 6. The highest BCUT2D eigenvalue weighted by atomic mass is 79.9. The number of para-hydroxylation sites is 1. The van der Waals surface area contributed by atoms with Crippen LogP contribution in [-0.4, -0.2) is 14.9 Å². The number of hydrogen-bond acceptors (Lipinski definition) is 2. The molecule has 0 radical (unpaired) electrons. The molecule has 2 aromatic carbocycles. The van der Waals surface area contributed by atoms with Crippen LogP contribution in [0.15, 0.2) is 45.3 Å². The van der Waals surface area contributed by atoms with Gasteiger partial charge in [-0.05, 0) is 74.3 Å². The molecule has 2 nitrogen and oxygen atoms in total. The summed E-state index contributed by atoms with van der Waals surface area (Å²) >= 11 is 12.9. The molecule has 2 aromatic rings. The Morgan fingerprint density at radius 3 is 2.22 bits per heavy atom. The van der Waals surface area contributed by atoms with Gasteiger partial charge in [-0.1, -0.05) is 44.5 Å². The maximum absolute atomic E-state index is 14.6. The van der Waals surface area contributed by atoms with Gasteiger partial charge in [0.25, 0.3) is 0 Å². The van der Waals surface area contributed by atoms with Crippen LogP contribution in [0, 0.1) is 5.82 Å². The van der Waals surface area contributed by atoms with Gasteiger partial charge in [0.2, 0.25) is 0 Å². The molecule has 27 heavy (non-hydrogen) atoms. The maximum atomic E-state index is 14.6. The number of benzene rings is 2. The zero-order valence-corrected chi connectivity index (χ0v) is 21.0. The maximum Gasteiger partial charge on any atom is 0.193 e. The van der Waals surface area contributed by atoms with E-state index in [1.165, 1.54) is 6.07 Å². The SMILES string of the molecule is CC(C)(C)[Si](C)(C)OC(COc1c(Br)cccc1Br)c1ccc(Cl)cc1F. The Labute approximate surface area is 183 Å². The Kier molecular flexibility index (Phi) is 7.58. The van der Waals surface area contributed by atoms with Crippen LogP contribution >= 0.6 is 43.5 Å². The molecule has 0 bridgehead atoms. The lowest BCUT2D eigenvalue weighted by Crippen LogP contribution is -2.43. The minimum atomic E-state index is -2.16. The molecule has 0 aliphatic rings. The Balaban J connectivity index is 2.35. The van der Waals surface area contributed by atoms with Crippen LogP contribution in [0.5, 0.6) is 5.75 Å². The third kappa shape index (κ3) is 5.79. The fourth-order valence-electron chi connectivity index (χ4n) is 2.26. The van der Waals surface area contributed by atoms with Gasteiger partial charge in [-0.3, -0.25) is 0 Å². The topological polar surface area (TPSA) is 18.5 Å². The first-order chi connectivity index (χ1) is 12.4.